The Hall–Kier alpha value is -1.11. The molecule has 0 N–H and O–H groups in total. The van der Waals surface area contributed by atoms with Crippen LogP contribution >= 0.6 is 0 Å². The van der Waals surface area contributed by atoms with Gasteiger partial charge >= 0.3 is 0 Å². The van der Waals surface area contributed by atoms with Crippen LogP contribution in [0.4, 0.5) is 0 Å². The summed E-state index contributed by atoms with van der Waals surface area (Å²) in [5, 5.41) is 0. The van der Waals surface area contributed by atoms with Gasteiger partial charge in [0.15, 0.2) is 0 Å². The molecule has 0 bridgehead atoms. The summed E-state index contributed by atoms with van der Waals surface area (Å²) < 4.78 is 0. The van der Waals surface area contributed by atoms with E-state index >= 15 is 0 Å². The van der Waals surface area contributed by atoms with Crippen LogP contribution in [-0.2, 0) is 4.79 Å². The summed E-state index contributed by atoms with van der Waals surface area (Å²) in [6.45, 7) is 6.04. The maximum atomic E-state index is 10.6. The van der Waals surface area contributed by atoms with E-state index in [0.29, 0.717) is 0 Å². The van der Waals surface area contributed by atoms with E-state index < -0.39 is 0 Å². The maximum Gasteiger partial charge on any atom is 0.146 e. The molecule has 0 aromatic carbocycles. The normalized spacial score (nSPS) is 22.2. The Morgan fingerprint density at radius 3 is 3.00 bits per heavy atom. The minimum Gasteiger partial charge on any atom is -0.298 e. The summed E-state index contributed by atoms with van der Waals surface area (Å²) in [5.41, 5.74) is 1.92. The van der Waals surface area contributed by atoms with Crippen molar-refractivity contribution in [3.8, 4) is 0 Å². The number of carbonyl (C=O) groups is 1. The molecule has 0 spiro atoms. The van der Waals surface area contributed by atoms with E-state index in [2.05, 4.69) is 13.5 Å². The van der Waals surface area contributed by atoms with Gasteiger partial charge in [-0.3, -0.25) is 4.79 Å². The zero-order valence-corrected chi connectivity index (χ0v) is 7.42. The van der Waals surface area contributed by atoms with E-state index in [1.54, 1.807) is 0 Å². The quantitative estimate of drug-likeness (QED) is 0.583. The van der Waals surface area contributed by atoms with E-state index in [4.69, 9.17) is 0 Å². The van der Waals surface area contributed by atoms with Gasteiger partial charge in [0.1, 0.15) is 6.29 Å². The average Bonchev–Trinajstić information content (AvgIpc) is 2.09. The number of carbonyl (C=O) groups excluding carboxylic acids is 1. The predicted octanol–water partition coefficient (Wildman–Crippen LogP) is 2.65. The molecule has 1 nitrogen and oxygen atoms in total. The Balaban J connectivity index is 2.80. The first-order valence-corrected chi connectivity index (χ1v) is 4.31. The molecule has 64 valence electrons. The highest BCUT2D eigenvalue weighted by atomic mass is 16.1. The van der Waals surface area contributed by atoms with Crippen molar-refractivity contribution >= 4 is 6.29 Å². The lowest BCUT2D eigenvalue weighted by Crippen LogP contribution is -2.09. The van der Waals surface area contributed by atoms with Crippen LogP contribution in [0.1, 0.15) is 19.8 Å². The second kappa shape index (κ2) is 4.05. The third kappa shape index (κ3) is 1.73. The van der Waals surface area contributed by atoms with Crippen molar-refractivity contribution < 1.29 is 4.79 Å². The third-order valence-electron chi connectivity index (χ3n) is 2.16. The van der Waals surface area contributed by atoms with Crippen LogP contribution in [0.5, 0.6) is 0 Å². The molecule has 1 unspecified atom stereocenters. The van der Waals surface area contributed by atoms with Crippen LogP contribution in [0.15, 0.2) is 36.0 Å². The van der Waals surface area contributed by atoms with Gasteiger partial charge in [0, 0.05) is 5.92 Å². The van der Waals surface area contributed by atoms with Gasteiger partial charge in [-0.25, -0.2) is 0 Å². The molecule has 12 heavy (non-hydrogen) atoms. The minimum atomic E-state index is 0.262. The van der Waals surface area contributed by atoms with Gasteiger partial charge in [-0.05, 0) is 17.6 Å². The molecule has 1 heteroatoms. The number of rotatable bonds is 3. The monoisotopic (exact) mass is 162 g/mol. The minimum absolute atomic E-state index is 0.262. The molecule has 0 fully saturated rings. The zero-order chi connectivity index (χ0) is 8.97. The second-order valence-electron chi connectivity index (χ2n) is 3.06. The van der Waals surface area contributed by atoms with Crippen LogP contribution in [-0.4, -0.2) is 6.29 Å². The largest absolute Gasteiger partial charge is 0.298 e. The fourth-order valence-electron chi connectivity index (χ4n) is 1.49. The summed E-state index contributed by atoms with van der Waals surface area (Å²) in [6.07, 6.45) is 8.79. The molecule has 0 heterocycles. The van der Waals surface area contributed by atoms with Crippen molar-refractivity contribution in [1.29, 1.82) is 0 Å². The van der Waals surface area contributed by atoms with E-state index in [0.717, 1.165) is 30.3 Å². The Kier molecular flexibility index (Phi) is 3.03. The number of hydrogen-bond acceptors (Lipinski definition) is 1. The van der Waals surface area contributed by atoms with Gasteiger partial charge < -0.3 is 0 Å². The van der Waals surface area contributed by atoms with Crippen molar-refractivity contribution in [2.45, 2.75) is 19.8 Å². The van der Waals surface area contributed by atoms with Crippen molar-refractivity contribution in [2.24, 2.45) is 5.92 Å². The molecule has 0 aromatic heterocycles. The highest BCUT2D eigenvalue weighted by Gasteiger charge is 2.16. The fraction of sp³-hybridized carbons (Fsp3) is 0.364. The lowest BCUT2D eigenvalue weighted by molar-refractivity contribution is -0.105. The Morgan fingerprint density at radius 1 is 1.67 bits per heavy atom. The number of hydrogen-bond donors (Lipinski definition) is 0. The maximum absolute atomic E-state index is 10.6. The van der Waals surface area contributed by atoms with Crippen molar-refractivity contribution in [3.63, 3.8) is 0 Å². The SMILES string of the molecule is C=C1C=CC=C(C=O)C1CCC. The standard InChI is InChI=1S/C11H14O/c1-3-5-11-9(2)6-4-7-10(11)8-12/h4,6-8,11H,2-3,5H2,1H3. The summed E-state index contributed by atoms with van der Waals surface area (Å²) in [6, 6.07) is 0. The zero-order valence-electron chi connectivity index (χ0n) is 7.42. The van der Waals surface area contributed by atoms with Gasteiger partial charge in [-0.1, -0.05) is 38.2 Å². The molecular weight excluding hydrogens is 148 g/mol. The van der Waals surface area contributed by atoms with Crippen molar-refractivity contribution in [3.05, 3.63) is 36.0 Å². The van der Waals surface area contributed by atoms with E-state index in [9.17, 15) is 4.79 Å². The van der Waals surface area contributed by atoms with Crippen LogP contribution < -0.4 is 0 Å². The van der Waals surface area contributed by atoms with Gasteiger partial charge in [0.05, 0.1) is 0 Å². The molecule has 1 aliphatic rings. The number of aldehydes is 1. The summed E-state index contributed by atoms with van der Waals surface area (Å²) >= 11 is 0. The highest BCUT2D eigenvalue weighted by molar-refractivity contribution is 5.77. The van der Waals surface area contributed by atoms with Gasteiger partial charge in [0.25, 0.3) is 0 Å². The van der Waals surface area contributed by atoms with E-state index in [1.165, 1.54) is 0 Å². The lowest BCUT2D eigenvalue weighted by Gasteiger charge is -2.18. The van der Waals surface area contributed by atoms with E-state index in [1.807, 2.05) is 18.2 Å². The fourth-order valence-corrected chi connectivity index (χ4v) is 1.49. The number of allylic oxidation sites excluding steroid dienone is 5. The molecular formula is C11H14O. The van der Waals surface area contributed by atoms with Crippen molar-refractivity contribution in [1.82, 2.24) is 0 Å². The molecule has 0 aromatic rings. The second-order valence-corrected chi connectivity index (χ2v) is 3.06. The van der Waals surface area contributed by atoms with Gasteiger partial charge in [-0.2, -0.15) is 0 Å². The van der Waals surface area contributed by atoms with E-state index in [-0.39, 0.29) is 5.92 Å². The predicted molar refractivity (Wildman–Crippen MR) is 50.8 cm³/mol. The molecule has 1 aliphatic carbocycles. The topological polar surface area (TPSA) is 17.1 Å². The van der Waals surface area contributed by atoms with Crippen molar-refractivity contribution in [2.75, 3.05) is 0 Å². The summed E-state index contributed by atoms with van der Waals surface area (Å²) in [4.78, 5) is 10.6. The first kappa shape index (κ1) is 8.98. The smallest absolute Gasteiger partial charge is 0.146 e. The first-order valence-electron chi connectivity index (χ1n) is 4.31. The van der Waals surface area contributed by atoms with Gasteiger partial charge in [-0.15, -0.1) is 0 Å². The third-order valence-corrected chi connectivity index (χ3v) is 2.16. The van der Waals surface area contributed by atoms with Gasteiger partial charge in [0.2, 0.25) is 0 Å². The molecule has 1 rings (SSSR count). The molecule has 1 atom stereocenters. The van der Waals surface area contributed by atoms with Crippen LogP contribution in [0.25, 0.3) is 0 Å². The molecule has 0 radical (unpaired) electrons. The summed E-state index contributed by atoms with van der Waals surface area (Å²) in [5.74, 6) is 0.262. The Bertz CT molecular complexity index is 246. The molecule has 0 saturated carbocycles. The highest BCUT2D eigenvalue weighted by Crippen LogP contribution is 2.27. The van der Waals surface area contributed by atoms with Crippen LogP contribution in [0, 0.1) is 5.92 Å². The van der Waals surface area contributed by atoms with Crippen LogP contribution in [0.3, 0.4) is 0 Å². The molecule has 0 amide bonds. The lowest BCUT2D eigenvalue weighted by atomic mass is 9.85. The Labute approximate surface area is 73.5 Å². The molecule has 0 aliphatic heterocycles. The molecule has 0 saturated heterocycles. The average molecular weight is 162 g/mol. The summed E-state index contributed by atoms with van der Waals surface area (Å²) in [7, 11) is 0. The Morgan fingerprint density at radius 2 is 2.42 bits per heavy atom. The first-order chi connectivity index (χ1) is 5.79. The van der Waals surface area contributed by atoms with Crippen LogP contribution in [0.2, 0.25) is 0 Å².